The van der Waals surface area contributed by atoms with Crippen molar-refractivity contribution >= 4 is 27.8 Å². The van der Waals surface area contributed by atoms with Crippen molar-refractivity contribution in [3.63, 3.8) is 0 Å². The maximum atomic E-state index is 13.1. The highest BCUT2D eigenvalue weighted by molar-refractivity contribution is 9.10. The number of rotatable bonds is 5. The Balaban J connectivity index is 2.94. The average molecular weight is 332 g/mol. The first-order valence-corrected chi connectivity index (χ1v) is 6.64. The lowest BCUT2D eigenvalue weighted by molar-refractivity contribution is -0.138. The zero-order valence-corrected chi connectivity index (χ0v) is 12.3. The van der Waals surface area contributed by atoms with E-state index in [1.165, 1.54) is 23.1 Å². The lowest BCUT2D eigenvalue weighted by Gasteiger charge is -2.27. The second-order valence-corrected chi connectivity index (χ2v) is 5.02. The molecule has 1 aromatic rings. The van der Waals surface area contributed by atoms with Gasteiger partial charge >= 0.3 is 5.97 Å². The Hall–Kier alpha value is -1.43. The summed E-state index contributed by atoms with van der Waals surface area (Å²) in [7, 11) is 0. The van der Waals surface area contributed by atoms with Gasteiger partial charge in [-0.1, -0.05) is 0 Å². The molecule has 104 valence electrons. The summed E-state index contributed by atoms with van der Waals surface area (Å²) in [5.41, 5.74) is 0.326. The number of carbonyl (C=O) groups is 2. The highest BCUT2D eigenvalue weighted by atomic mass is 79.9. The molecular formula is C13H15BrFNO3. The van der Waals surface area contributed by atoms with Crippen molar-refractivity contribution in [2.24, 2.45) is 0 Å². The fraction of sp³-hybridized carbons (Fsp3) is 0.385. The summed E-state index contributed by atoms with van der Waals surface area (Å²) >= 11 is 3.02. The van der Waals surface area contributed by atoms with Gasteiger partial charge in [0.05, 0.1) is 10.9 Å². The number of hydrogen-bond acceptors (Lipinski definition) is 2. The largest absolute Gasteiger partial charge is 0.481 e. The van der Waals surface area contributed by atoms with Crippen molar-refractivity contribution in [2.75, 3.05) is 6.54 Å². The number of hydrogen-bond donors (Lipinski definition) is 1. The normalized spacial score (nSPS) is 12.0. The molecule has 0 radical (unpaired) electrons. The predicted octanol–water partition coefficient (Wildman–Crippen LogP) is 2.91. The number of carboxylic acid groups (broad SMARTS) is 1. The van der Waals surface area contributed by atoms with E-state index in [9.17, 15) is 14.0 Å². The molecular weight excluding hydrogens is 317 g/mol. The van der Waals surface area contributed by atoms with Gasteiger partial charge in [0.2, 0.25) is 0 Å². The van der Waals surface area contributed by atoms with Crippen LogP contribution in [0.5, 0.6) is 0 Å². The van der Waals surface area contributed by atoms with Gasteiger partial charge in [0.15, 0.2) is 0 Å². The van der Waals surface area contributed by atoms with Gasteiger partial charge < -0.3 is 10.0 Å². The fourth-order valence-corrected chi connectivity index (χ4v) is 2.19. The standard InChI is InChI=1S/C13H15BrFNO3/c1-3-16(8(2)6-12(17)18)13(19)9-4-5-11(15)10(14)7-9/h4-5,7-8H,3,6H2,1-2H3,(H,17,18). The second-order valence-electron chi connectivity index (χ2n) is 4.17. The zero-order valence-electron chi connectivity index (χ0n) is 10.7. The average Bonchev–Trinajstić information content (AvgIpc) is 2.32. The van der Waals surface area contributed by atoms with Crippen LogP contribution in [0.1, 0.15) is 30.6 Å². The predicted molar refractivity (Wildman–Crippen MR) is 72.5 cm³/mol. The fourth-order valence-electron chi connectivity index (χ4n) is 1.81. The van der Waals surface area contributed by atoms with Gasteiger partial charge in [0, 0.05) is 18.2 Å². The van der Waals surface area contributed by atoms with E-state index < -0.39 is 17.8 Å². The molecule has 0 saturated heterocycles. The van der Waals surface area contributed by atoms with Crippen LogP contribution < -0.4 is 0 Å². The Labute approximate surface area is 119 Å². The number of amides is 1. The minimum absolute atomic E-state index is 0.123. The van der Waals surface area contributed by atoms with Gasteiger partial charge in [0.1, 0.15) is 5.82 Å². The number of aliphatic carboxylic acids is 1. The summed E-state index contributed by atoms with van der Waals surface area (Å²) in [6, 6.07) is 3.57. The van der Waals surface area contributed by atoms with Gasteiger partial charge in [0.25, 0.3) is 5.91 Å². The van der Waals surface area contributed by atoms with Gasteiger partial charge in [-0.05, 0) is 48.0 Å². The first-order chi connectivity index (χ1) is 8.86. The third-order valence-corrected chi connectivity index (χ3v) is 3.38. The van der Waals surface area contributed by atoms with E-state index in [1.54, 1.807) is 13.8 Å². The molecule has 0 fully saturated rings. The quantitative estimate of drug-likeness (QED) is 0.902. The molecule has 0 saturated carbocycles. The smallest absolute Gasteiger partial charge is 0.305 e. The molecule has 0 heterocycles. The van der Waals surface area contributed by atoms with Gasteiger partial charge in [-0.2, -0.15) is 0 Å². The van der Waals surface area contributed by atoms with Crippen molar-refractivity contribution < 1.29 is 19.1 Å². The summed E-state index contributed by atoms with van der Waals surface area (Å²) in [6.07, 6.45) is -0.123. The van der Waals surface area contributed by atoms with Crippen LogP contribution in [0.3, 0.4) is 0 Å². The summed E-state index contributed by atoms with van der Waals surface area (Å²) < 4.78 is 13.3. The molecule has 0 aromatic heterocycles. The first-order valence-electron chi connectivity index (χ1n) is 5.84. The molecule has 0 aliphatic rings. The first kappa shape index (κ1) is 15.6. The Morgan fingerprint density at radius 1 is 1.47 bits per heavy atom. The molecule has 1 rings (SSSR count). The van der Waals surface area contributed by atoms with Crippen LogP contribution in [0.2, 0.25) is 0 Å². The van der Waals surface area contributed by atoms with Crippen LogP contribution >= 0.6 is 15.9 Å². The van der Waals surface area contributed by atoms with Crippen LogP contribution in [-0.4, -0.2) is 34.5 Å². The molecule has 0 spiro atoms. The summed E-state index contributed by atoms with van der Waals surface area (Å²) in [5, 5.41) is 8.77. The molecule has 1 aromatic carbocycles. The minimum Gasteiger partial charge on any atom is -0.481 e. The lowest BCUT2D eigenvalue weighted by Crippen LogP contribution is -2.39. The molecule has 0 bridgehead atoms. The van der Waals surface area contributed by atoms with Crippen LogP contribution in [0.4, 0.5) is 4.39 Å². The monoisotopic (exact) mass is 331 g/mol. The van der Waals surface area contributed by atoms with Gasteiger partial charge in [-0.3, -0.25) is 9.59 Å². The number of nitrogens with zero attached hydrogens (tertiary/aromatic N) is 1. The van der Waals surface area contributed by atoms with Crippen LogP contribution in [0.15, 0.2) is 22.7 Å². The maximum absolute atomic E-state index is 13.1. The SMILES string of the molecule is CCN(C(=O)c1ccc(F)c(Br)c1)C(C)CC(=O)O. The third kappa shape index (κ3) is 4.02. The number of carboxylic acids is 1. The zero-order chi connectivity index (χ0) is 14.6. The Morgan fingerprint density at radius 2 is 2.11 bits per heavy atom. The van der Waals surface area contributed by atoms with E-state index in [-0.39, 0.29) is 16.8 Å². The summed E-state index contributed by atoms with van der Waals surface area (Å²) in [6.45, 7) is 3.84. The second kappa shape index (κ2) is 6.65. The number of benzene rings is 1. The molecule has 1 amide bonds. The molecule has 4 nitrogen and oxygen atoms in total. The molecule has 1 atom stereocenters. The van der Waals surface area contributed by atoms with Crippen molar-refractivity contribution in [3.8, 4) is 0 Å². The Morgan fingerprint density at radius 3 is 2.58 bits per heavy atom. The maximum Gasteiger partial charge on any atom is 0.305 e. The topological polar surface area (TPSA) is 57.6 Å². The molecule has 1 N–H and O–H groups in total. The van der Waals surface area contributed by atoms with Gasteiger partial charge in [-0.15, -0.1) is 0 Å². The van der Waals surface area contributed by atoms with Gasteiger partial charge in [-0.25, -0.2) is 4.39 Å². The van der Waals surface area contributed by atoms with Crippen molar-refractivity contribution in [1.82, 2.24) is 4.90 Å². The molecule has 0 aliphatic heterocycles. The summed E-state index contributed by atoms with van der Waals surface area (Å²) in [5.74, 6) is -1.71. The van der Waals surface area contributed by atoms with E-state index in [4.69, 9.17) is 5.11 Å². The Kier molecular flexibility index (Phi) is 5.47. The molecule has 6 heteroatoms. The van der Waals surface area contributed by atoms with E-state index in [2.05, 4.69) is 15.9 Å². The van der Waals surface area contributed by atoms with E-state index in [0.29, 0.717) is 12.1 Å². The Bertz CT molecular complexity index is 493. The van der Waals surface area contributed by atoms with Crippen LogP contribution in [0.25, 0.3) is 0 Å². The van der Waals surface area contributed by atoms with Crippen LogP contribution in [-0.2, 0) is 4.79 Å². The van der Waals surface area contributed by atoms with Crippen molar-refractivity contribution in [2.45, 2.75) is 26.3 Å². The van der Waals surface area contributed by atoms with E-state index >= 15 is 0 Å². The highest BCUT2D eigenvalue weighted by Crippen LogP contribution is 2.19. The number of carbonyl (C=O) groups excluding carboxylic acids is 1. The lowest BCUT2D eigenvalue weighted by atomic mass is 10.1. The number of halogens is 2. The van der Waals surface area contributed by atoms with E-state index in [1.807, 2.05) is 0 Å². The highest BCUT2D eigenvalue weighted by Gasteiger charge is 2.22. The molecule has 0 aliphatic carbocycles. The summed E-state index contributed by atoms with van der Waals surface area (Å²) in [4.78, 5) is 24.4. The van der Waals surface area contributed by atoms with Crippen molar-refractivity contribution in [1.29, 1.82) is 0 Å². The third-order valence-electron chi connectivity index (χ3n) is 2.77. The molecule has 1 unspecified atom stereocenters. The molecule has 19 heavy (non-hydrogen) atoms. The van der Waals surface area contributed by atoms with E-state index in [0.717, 1.165) is 0 Å². The minimum atomic E-state index is -0.959. The van der Waals surface area contributed by atoms with Crippen molar-refractivity contribution in [3.05, 3.63) is 34.1 Å². The van der Waals surface area contributed by atoms with Crippen LogP contribution in [0, 0.1) is 5.82 Å².